The van der Waals surface area contributed by atoms with Gasteiger partial charge >= 0.3 is 6.18 Å². The van der Waals surface area contributed by atoms with Crippen LogP contribution in [0.4, 0.5) is 13.2 Å². The van der Waals surface area contributed by atoms with Crippen molar-refractivity contribution in [3.63, 3.8) is 0 Å². The molecule has 0 bridgehead atoms. The average Bonchev–Trinajstić information content (AvgIpc) is 3.41. The molecule has 1 fully saturated rings. The predicted octanol–water partition coefficient (Wildman–Crippen LogP) is 3.81. The van der Waals surface area contributed by atoms with Crippen molar-refractivity contribution < 1.29 is 22.8 Å². The number of hydrogen-bond acceptors (Lipinski definition) is 5. The fourth-order valence-corrected chi connectivity index (χ4v) is 4.23. The molecule has 2 N–H and O–H groups in total. The largest absolute Gasteiger partial charge is 0.417 e. The molecule has 1 heterocycles. The maximum Gasteiger partial charge on any atom is 0.417 e. The molecule has 0 unspecified atom stereocenters. The van der Waals surface area contributed by atoms with Crippen LogP contribution in [0.15, 0.2) is 42.5 Å². The Bertz CT molecular complexity index is 1240. The first-order valence-corrected chi connectivity index (χ1v) is 10.6. The molecule has 2 amide bonds. The van der Waals surface area contributed by atoms with Gasteiger partial charge in [0, 0.05) is 0 Å². The molecule has 32 heavy (non-hydrogen) atoms. The van der Waals surface area contributed by atoms with Crippen LogP contribution >= 0.6 is 11.3 Å². The van der Waals surface area contributed by atoms with Gasteiger partial charge in [0.15, 0.2) is 0 Å². The third-order valence-electron chi connectivity index (χ3n) is 5.08. The van der Waals surface area contributed by atoms with Gasteiger partial charge in [-0.2, -0.15) is 18.4 Å². The van der Waals surface area contributed by atoms with Gasteiger partial charge in [-0.15, -0.1) is 11.3 Å². The molecule has 4 rings (SSSR count). The van der Waals surface area contributed by atoms with Crippen molar-refractivity contribution in [2.45, 2.75) is 31.0 Å². The average molecular weight is 458 g/mol. The number of nitrogens with zero attached hydrogens (tertiary/aromatic N) is 2. The summed E-state index contributed by atoms with van der Waals surface area (Å²) in [5.41, 5.74) is -0.579. The first-order chi connectivity index (χ1) is 15.2. The highest BCUT2D eigenvalue weighted by molar-refractivity contribution is 7.18. The van der Waals surface area contributed by atoms with Gasteiger partial charge < -0.3 is 10.6 Å². The lowest BCUT2D eigenvalue weighted by atomic mass is 9.99. The van der Waals surface area contributed by atoms with Crippen LogP contribution in [0.5, 0.6) is 0 Å². The van der Waals surface area contributed by atoms with Gasteiger partial charge in [-0.25, -0.2) is 4.98 Å². The van der Waals surface area contributed by atoms with Crippen LogP contribution in [0.1, 0.15) is 23.4 Å². The van der Waals surface area contributed by atoms with E-state index in [2.05, 4.69) is 15.6 Å². The fraction of sp³-hybridized carbons (Fsp3) is 0.273. The van der Waals surface area contributed by atoms with E-state index in [9.17, 15) is 22.8 Å². The van der Waals surface area contributed by atoms with E-state index in [-0.39, 0.29) is 18.5 Å². The smallest absolute Gasteiger partial charge is 0.347 e. The zero-order valence-electron chi connectivity index (χ0n) is 16.6. The van der Waals surface area contributed by atoms with E-state index < -0.39 is 29.1 Å². The van der Waals surface area contributed by atoms with Crippen molar-refractivity contribution >= 4 is 33.4 Å². The number of carbonyl (C=O) groups excluding carboxylic acids is 2. The number of carbonyl (C=O) groups is 2. The lowest BCUT2D eigenvalue weighted by Crippen LogP contribution is -2.43. The molecule has 164 valence electrons. The van der Waals surface area contributed by atoms with Crippen molar-refractivity contribution in [1.29, 1.82) is 5.26 Å². The highest BCUT2D eigenvalue weighted by Gasteiger charge is 2.44. The third kappa shape index (κ3) is 4.73. The molecular formula is C22H17F3N4O2S. The summed E-state index contributed by atoms with van der Waals surface area (Å²) in [5.74, 6) is -0.849. The molecule has 1 aliphatic carbocycles. The molecule has 6 nitrogen and oxygen atoms in total. The van der Waals surface area contributed by atoms with Gasteiger partial charge in [0.1, 0.15) is 10.5 Å². The zero-order chi connectivity index (χ0) is 22.9. The highest BCUT2D eigenvalue weighted by atomic mass is 32.1. The van der Waals surface area contributed by atoms with Gasteiger partial charge in [-0.3, -0.25) is 9.59 Å². The number of thiazole rings is 1. The topological polar surface area (TPSA) is 94.9 Å². The number of hydrogen-bond donors (Lipinski definition) is 2. The number of fused-ring (bicyclic) bond motifs is 1. The van der Waals surface area contributed by atoms with Crippen molar-refractivity contribution in [2.75, 3.05) is 6.54 Å². The van der Waals surface area contributed by atoms with E-state index in [1.54, 1.807) is 24.3 Å². The number of alkyl halides is 3. The molecular weight excluding hydrogens is 441 g/mol. The van der Waals surface area contributed by atoms with Crippen LogP contribution in [0.25, 0.3) is 21.3 Å². The summed E-state index contributed by atoms with van der Waals surface area (Å²) in [4.78, 5) is 28.4. The summed E-state index contributed by atoms with van der Waals surface area (Å²) in [6.45, 7) is -0.245. The molecule has 0 radical (unpaired) electrons. The molecule has 2 aromatic carbocycles. The van der Waals surface area contributed by atoms with E-state index in [1.807, 2.05) is 6.07 Å². The van der Waals surface area contributed by atoms with Crippen LogP contribution in [0, 0.1) is 11.3 Å². The van der Waals surface area contributed by atoms with Crippen molar-refractivity contribution in [2.24, 2.45) is 0 Å². The monoisotopic (exact) mass is 458 g/mol. The van der Waals surface area contributed by atoms with Gasteiger partial charge in [-0.1, -0.05) is 24.3 Å². The van der Waals surface area contributed by atoms with Crippen LogP contribution in [-0.2, 0) is 22.2 Å². The normalized spacial score (nSPS) is 14.6. The lowest BCUT2D eigenvalue weighted by molar-refractivity contribution is -0.137. The number of nitrogens with one attached hydrogen (secondary N) is 2. The predicted molar refractivity (Wildman–Crippen MR) is 112 cm³/mol. The van der Waals surface area contributed by atoms with Crippen LogP contribution in [-0.4, -0.2) is 28.9 Å². The summed E-state index contributed by atoms with van der Waals surface area (Å²) in [7, 11) is 0. The van der Waals surface area contributed by atoms with Crippen molar-refractivity contribution in [1.82, 2.24) is 15.6 Å². The highest BCUT2D eigenvalue weighted by Crippen LogP contribution is 2.38. The second-order valence-electron chi connectivity index (χ2n) is 7.53. The van der Waals surface area contributed by atoms with E-state index in [1.165, 1.54) is 23.5 Å². The fourth-order valence-electron chi connectivity index (χ4n) is 3.28. The number of rotatable bonds is 6. The standard InChI is InChI=1S/C22H17F3N4O2S/c23-22(24,25)15-4-2-1-3-14(15)13-5-6-17-16(9-13)28-20(32-17)10-18(30)27-11-19(31)29-21(12-26)7-8-21/h1-6,9H,7-8,10-11H2,(H,27,30)(H,29,31). The van der Waals surface area contributed by atoms with E-state index in [0.717, 1.165) is 10.8 Å². The van der Waals surface area contributed by atoms with Crippen LogP contribution in [0.2, 0.25) is 0 Å². The molecule has 0 spiro atoms. The van der Waals surface area contributed by atoms with Crippen LogP contribution in [0.3, 0.4) is 0 Å². The Hall–Kier alpha value is -3.45. The van der Waals surface area contributed by atoms with E-state index in [0.29, 0.717) is 28.9 Å². The number of nitriles is 1. The number of benzene rings is 2. The molecule has 1 saturated carbocycles. The maximum absolute atomic E-state index is 13.3. The summed E-state index contributed by atoms with van der Waals surface area (Å²) in [6, 6.07) is 12.2. The second-order valence-corrected chi connectivity index (χ2v) is 8.64. The molecule has 3 aromatic rings. The van der Waals surface area contributed by atoms with Crippen molar-refractivity contribution in [3.05, 3.63) is 53.0 Å². The second kappa shape index (κ2) is 8.24. The molecule has 1 aromatic heterocycles. The first kappa shape index (κ1) is 21.8. The molecule has 0 atom stereocenters. The first-order valence-electron chi connectivity index (χ1n) is 9.74. The quantitative estimate of drug-likeness (QED) is 0.587. The van der Waals surface area contributed by atoms with E-state index >= 15 is 0 Å². The number of halogens is 3. The number of aromatic nitrogens is 1. The minimum atomic E-state index is -4.48. The Morgan fingerprint density at radius 1 is 1.16 bits per heavy atom. The summed E-state index contributed by atoms with van der Waals surface area (Å²) in [5, 5.41) is 14.5. The minimum absolute atomic E-state index is 0.0611. The third-order valence-corrected chi connectivity index (χ3v) is 6.11. The maximum atomic E-state index is 13.3. The summed E-state index contributed by atoms with van der Waals surface area (Å²) in [6.07, 6.45) is -3.34. The number of amides is 2. The van der Waals surface area contributed by atoms with Gasteiger partial charge in [0.05, 0.1) is 34.8 Å². The summed E-state index contributed by atoms with van der Waals surface area (Å²) >= 11 is 1.26. The summed E-state index contributed by atoms with van der Waals surface area (Å²) < 4.78 is 40.8. The lowest BCUT2D eigenvalue weighted by Gasteiger charge is -2.12. The Morgan fingerprint density at radius 3 is 2.59 bits per heavy atom. The van der Waals surface area contributed by atoms with Crippen molar-refractivity contribution in [3.8, 4) is 17.2 Å². The minimum Gasteiger partial charge on any atom is -0.347 e. The van der Waals surface area contributed by atoms with Crippen LogP contribution < -0.4 is 10.6 Å². The van der Waals surface area contributed by atoms with E-state index in [4.69, 9.17) is 5.26 Å². The molecule has 0 aliphatic heterocycles. The zero-order valence-corrected chi connectivity index (χ0v) is 17.4. The van der Waals surface area contributed by atoms with Gasteiger partial charge in [-0.05, 0) is 42.2 Å². The molecule has 1 aliphatic rings. The Balaban J connectivity index is 1.44. The van der Waals surface area contributed by atoms with Gasteiger partial charge in [0.2, 0.25) is 11.8 Å². The SMILES string of the molecule is N#CC1(NC(=O)CNC(=O)Cc2nc3cc(-c4ccccc4C(F)(F)F)ccc3s2)CC1. The Morgan fingerprint density at radius 2 is 1.91 bits per heavy atom. The Labute approximate surface area is 185 Å². The molecule has 10 heteroatoms. The molecule has 0 saturated heterocycles. The van der Waals surface area contributed by atoms with Gasteiger partial charge in [0.25, 0.3) is 0 Å². The Kier molecular flexibility index (Phi) is 5.60.